The van der Waals surface area contributed by atoms with Crippen LogP contribution in [0.5, 0.6) is 0 Å². The molecule has 0 aliphatic carbocycles. The molecule has 0 saturated heterocycles. The van der Waals surface area contributed by atoms with Crippen LogP contribution in [0.1, 0.15) is 20.8 Å². The van der Waals surface area contributed by atoms with Crippen LogP contribution in [0.15, 0.2) is 0 Å². The fourth-order valence-electron chi connectivity index (χ4n) is 0.834. The van der Waals surface area contributed by atoms with E-state index >= 15 is 0 Å². The molecule has 0 aliphatic rings. The van der Waals surface area contributed by atoms with Gasteiger partial charge in [0.2, 0.25) is 0 Å². The molecule has 0 unspecified atom stereocenters. The minimum absolute atomic E-state index is 0.206. The first-order chi connectivity index (χ1) is 7.37. The molecule has 0 bridgehead atoms. The summed E-state index contributed by atoms with van der Waals surface area (Å²) in [5.41, 5.74) is 0. The number of rotatable bonds is 7. The molecule has 0 atom stereocenters. The molecule has 0 heterocycles. The van der Waals surface area contributed by atoms with E-state index < -0.39 is 16.3 Å². The fourth-order valence-corrected chi connectivity index (χ4v) is 1.54. The van der Waals surface area contributed by atoms with Crippen LogP contribution in [0, 0.1) is 0 Å². The topological polar surface area (TPSA) is 96.5 Å². The van der Waals surface area contributed by atoms with Crippen molar-refractivity contribution in [3.05, 3.63) is 0 Å². The third-order valence-electron chi connectivity index (χ3n) is 1.40. The van der Waals surface area contributed by atoms with Gasteiger partial charge in [-0.1, -0.05) is 6.92 Å². The maximum atomic E-state index is 11.2. The molecule has 1 amide bonds. The van der Waals surface area contributed by atoms with E-state index in [1.807, 2.05) is 6.92 Å². The van der Waals surface area contributed by atoms with Gasteiger partial charge in [-0.15, -0.1) is 0 Å². The van der Waals surface area contributed by atoms with E-state index in [1.165, 1.54) is 0 Å². The summed E-state index contributed by atoms with van der Waals surface area (Å²) in [5, 5.41) is 2.94. The third kappa shape index (κ3) is 8.45. The Hall–Kier alpha value is -0.860. The summed E-state index contributed by atoms with van der Waals surface area (Å²) in [7, 11) is -3.82. The van der Waals surface area contributed by atoms with Gasteiger partial charge in [-0.25, -0.2) is 9.52 Å². The number of hydrogen-bond donors (Lipinski definition) is 3. The second kappa shape index (κ2) is 7.42. The maximum absolute atomic E-state index is 11.2. The van der Waals surface area contributed by atoms with Crippen molar-refractivity contribution in [2.45, 2.75) is 26.9 Å². The van der Waals surface area contributed by atoms with E-state index in [-0.39, 0.29) is 12.6 Å². The van der Waals surface area contributed by atoms with E-state index in [0.29, 0.717) is 6.54 Å². The van der Waals surface area contributed by atoms with Crippen molar-refractivity contribution in [1.82, 2.24) is 14.8 Å². The Labute approximate surface area is 96.1 Å². The highest BCUT2D eigenvalue weighted by atomic mass is 32.2. The third-order valence-corrected chi connectivity index (χ3v) is 2.42. The highest BCUT2D eigenvalue weighted by Crippen LogP contribution is 1.89. The van der Waals surface area contributed by atoms with Gasteiger partial charge in [0, 0.05) is 13.1 Å². The van der Waals surface area contributed by atoms with Crippen molar-refractivity contribution in [1.29, 1.82) is 0 Å². The van der Waals surface area contributed by atoms with Gasteiger partial charge in [-0.3, -0.25) is 0 Å². The number of nitrogens with one attached hydrogen (secondary N) is 3. The molecule has 0 aliphatic heterocycles. The molecule has 96 valence electrons. The van der Waals surface area contributed by atoms with Crippen LogP contribution >= 0.6 is 0 Å². The summed E-state index contributed by atoms with van der Waals surface area (Å²) < 4.78 is 31.0. The first-order valence-corrected chi connectivity index (χ1v) is 6.54. The first-order valence-electron chi connectivity index (χ1n) is 5.06. The SMILES string of the molecule is CCNCCNS(=O)(=O)NC(=O)OC(C)C. The Balaban J connectivity index is 3.91. The molecule has 0 radical (unpaired) electrons. The molecule has 0 aromatic heterocycles. The van der Waals surface area contributed by atoms with E-state index in [4.69, 9.17) is 0 Å². The summed E-state index contributed by atoms with van der Waals surface area (Å²) in [5.74, 6) is 0. The lowest BCUT2D eigenvalue weighted by molar-refractivity contribution is 0.121. The van der Waals surface area contributed by atoms with Gasteiger partial charge in [-0.05, 0) is 20.4 Å². The minimum atomic E-state index is -3.82. The summed E-state index contributed by atoms with van der Waals surface area (Å²) in [6.07, 6.45) is -1.34. The van der Waals surface area contributed by atoms with Crippen LogP contribution in [0.4, 0.5) is 4.79 Å². The molecule has 0 aromatic carbocycles. The normalized spacial score (nSPS) is 11.5. The van der Waals surface area contributed by atoms with E-state index in [0.717, 1.165) is 6.54 Å². The van der Waals surface area contributed by atoms with Crippen molar-refractivity contribution < 1.29 is 17.9 Å². The Morgan fingerprint density at radius 3 is 2.44 bits per heavy atom. The quantitative estimate of drug-likeness (QED) is 0.535. The van der Waals surface area contributed by atoms with Crippen LogP contribution in [0.2, 0.25) is 0 Å². The first kappa shape index (κ1) is 15.1. The number of carbonyl (C=O) groups excluding carboxylic acids is 1. The highest BCUT2D eigenvalue weighted by molar-refractivity contribution is 7.88. The van der Waals surface area contributed by atoms with Crippen molar-refractivity contribution in [3.63, 3.8) is 0 Å². The molecular formula is C8H19N3O4S. The fraction of sp³-hybridized carbons (Fsp3) is 0.875. The molecule has 8 heteroatoms. The number of likely N-dealkylation sites (N-methyl/N-ethyl adjacent to an activating group) is 1. The van der Waals surface area contributed by atoms with Crippen LogP contribution in [-0.4, -0.2) is 40.2 Å². The van der Waals surface area contributed by atoms with Gasteiger partial charge in [0.25, 0.3) is 0 Å². The Kier molecular flexibility index (Phi) is 7.02. The lowest BCUT2D eigenvalue weighted by Crippen LogP contribution is -2.43. The standard InChI is InChI=1S/C8H19N3O4S/c1-4-9-5-6-10-16(13,14)11-8(12)15-7(2)3/h7,9-10H,4-6H2,1-3H3,(H,11,12). The number of ether oxygens (including phenoxy) is 1. The number of hydrogen-bond acceptors (Lipinski definition) is 5. The predicted molar refractivity (Wildman–Crippen MR) is 60.2 cm³/mol. The largest absolute Gasteiger partial charge is 0.446 e. The van der Waals surface area contributed by atoms with E-state index in [1.54, 1.807) is 18.6 Å². The average Bonchev–Trinajstić information content (AvgIpc) is 2.10. The summed E-state index contributed by atoms with van der Waals surface area (Å²) in [4.78, 5) is 11.0. The molecule has 0 aromatic rings. The van der Waals surface area contributed by atoms with Crippen LogP contribution < -0.4 is 14.8 Å². The molecule has 0 spiro atoms. The summed E-state index contributed by atoms with van der Waals surface area (Å²) in [6.45, 7) is 6.63. The van der Waals surface area contributed by atoms with Crippen molar-refractivity contribution in [2.24, 2.45) is 0 Å². The summed E-state index contributed by atoms with van der Waals surface area (Å²) in [6, 6.07) is 0. The molecule has 0 fully saturated rings. The molecule has 0 saturated carbocycles. The van der Waals surface area contributed by atoms with Crippen LogP contribution in [-0.2, 0) is 14.9 Å². The van der Waals surface area contributed by atoms with Gasteiger partial charge in [0.1, 0.15) is 0 Å². The van der Waals surface area contributed by atoms with Gasteiger partial charge in [-0.2, -0.15) is 13.1 Å². The Bertz CT molecular complexity index is 302. The highest BCUT2D eigenvalue weighted by Gasteiger charge is 2.15. The van der Waals surface area contributed by atoms with E-state index in [9.17, 15) is 13.2 Å². The number of amides is 1. The van der Waals surface area contributed by atoms with Crippen LogP contribution in [0.25, 0.3) is 0 Å². The average molecular weight is 253 g/mol. The van der Waals surface area contributed by atoms with E-state index in [2.05, 4.69) is 14.8 Å². The summed E-state index contributed by atoms with van der Waals surface area (Å²) >= 11 is 0. The van der Waals surface area contributed by atoms with Gasteiger partial charge in [0.05, 0.1) is 6.10 Å². The predicted octanol–water partition coefficient (Wildman–Crippen LogP) is -0.435. The monoisotopic (exact) mass is 253 g/mol. The zero-order valence-corrected chi connectivity index (χ0v) is 10.6. The minimum Gasteiger partial charge on any atom is -0.446 e. The van der Waals surface area contributed by atoms with Gasteiger partial charge >= 0.3 is 16.3 Å². The Morgan fingerprint density at radius 1 is 1.31 bits per heavy atom. The lowest BCUT2D eigenvalue weighted by Gasteiger charge is -2.10. The molecule has 0 rings (SSSR count). The Morgan fingerprint density at radius 2 is 1.94 bits per heavy atom. The zero-order chi connectivity index (χ0) is 12.6. The van der Waals surface area contributed by atoms with Crippen molar-refractivity contribution in [2.75, 3.05) is 19.6 Å². The molecule has 3 N–H and O–H groups in total. The van der Waals surface area contributed by atoms with Gasteiger partial charge in [0.15, 0.2) is 0 Å². The molecule has 16 heavy (non-hydrogen) atoms. The number of carbonyl (C=O) groups is 1. The lowest BCUT2D eigenvalue weighted by atomic mass is 10.5. The second-order valence-corrected chi connectivity index (χ2v) is 4.81. The zero-order valence-electron chi connectivity index (χ0n) is 9.74. The maximum Gasteiger partial charge on any atom is 0.422 e. The second-order valence-electron chi connectivity index (χ2n) is 3.31. The molecule has 7 nitrogen and oxygen atoms in total. The van der Waals surface area contributed by atoms with Crippen LogP contribution in [0.3, 0.4) is 0 Å². The molecular weight excluding hydrogens is 234 g/mol. The van der Waals surface area contributed by atoms with Crippen molar-refractivity contribution >= 4 is 16.3 Å². The van der Waals surface area contributed by atoms with Crippen molar-refractivity contribution in [3.8, 4) is 0 Å². The van der Waals surface area contributed by atoms with Gasteiger partial charge < -0.3 is 10.1 Å². The smallest absolute Gasteiger partial charge is 0.422 e.